The molecular weight excluding hydrogens is 236 g/mol. The zero-order valence-electron chi connectivity index (χ0n) is 9.01. The third kappa shape index (κ3) is 2.93. The van der Waals surface area contributed by atoms with Crippen LogP contribution in [0.1, 0.15) is 6.92 Å². The number of hydrogen-bond acceptors (Lipinski definition) is 4. The second kappa shape index (κ2) is 5.27. The number of aromatic nitrogens is 2. The topological polar surface area (TPSA) is 25.8 Å². The van der Waals surface area contributed by atoms with Crippen LogP contribution in [0.5, 0.6) is 0 Å². The molecule has 0 amide bonds. The number of hydrogen-bond donors (Lipinski definition) is 0. The van der Waals surface area contributed by atoms with E-state index in [2.05, 4.69) is 15.9 Å². The summed E-state index contributed by atoms with van der Waals surface area (Å²) in [6, 6.07) is 10.0. The monoisotopic (exact) mass is 248 g/mol. The molecule has 0 saturated carbocycles. The Labute approximate surface area is 104 Å². The van der Waals surface area contributed by atoms with Crippen LogP contribution in [0.2, 0.25) is 0 Å². The molecule has 4 heteroatoms. The highest BCUT2D eigenvalue weighted by molar-refractivity contribution is 8.01. The molecule has 2 rings (SSSR count). The summed E-state index contributed by atoms with van der Waals surface area (Å²) in [5, 5.41) is 0. The van der Waals surface area contributed by atoms with E-state index in [4.69, 9.17) is 0 Å². The zero-order valence-corrected chi connectivity index (χ0v) is 10.6. The molecule has 0 saturated heterocycles. The van der Waals surface area contributed by atoms with E-state index in [1.54, 1.807) is 11.8 Å². The van der Waals surface area contributed by atoms with Crippen LogP contribution in [0.4, 0.5) is 0 Å². The fraction of sp³-hybridized carbons (Fsp3) is 0.167. The van der Waals surface area contributed by atoms with Crippen molar-refractivity contribution in [3.63, 3.8) is 0 Å². The lowest BCUT2D eigenvalue weighted by Gasteiger charge is -1.94. The minimum Gasteiger partial charge on any atom is -0.208 e. The lowest BCUT2D eigenvalue weighted by Crippen LogP contribution is -1.80. The average molecular weight is 248 g/mol. The molecular formula is C12H12N2S2. The van der Waals surface area contributed by atoms with Gasteiger partial charge in [0.1, 0.15) is 0 Å². The van der Waals surface area contributed by atoms with E-state index >= 15 is 0 Å². The van der Waals surface area contributed by atoms with Gasteiger partial charge in [-0.25, -0.2) is 4.98 Å². The third-order valence-corrected chi connectivity index (χ3v) is 3.95. The smallest absolute Gasteiger partial charge is 0.174 e. The van der Waals surface area contributed by atoms with Crippen molar-refractivity contribution in [1.29, 1.82) is 0 Å². The summed E-state index contributed by atoms with van der Waals surface area (Å²) in [6.07, 6.45) is 0. The minimum atomic E-state index is 0.815. The first kappa shape index (κ1) is 11.4. The van der Waals surface area contributed by atoms with Crippen molar-refractivity contribution in [1.82, 2.24) is 9.36 Å². The second-order valence-electron chi connectivity index (χ2n) is 3.50. The predicted octanol–water partition coefficient (Wildman–Crippen LogP) is 3.87. The predicted molar refractivity (Wildman–Crippen MR) is 70.9 cm³/mol. The Hall–Kier alpha value is -1.13. The van der Waals surface area contributed by atoms with Crippen LogP contribution in [0, 0.1) is 0 Å². The van der Waals surface area contributed by atoms with Crippen LogP contribution in [0.3, 0.4) is 0 Å². The van der Waals surface area contributed by atoms with Gasteiger partial charge in [-0.3, -0.25) is 0 Å². The zero-order chi connectivity index (χ0) is 11.4. The highest BCUT2D eigenvalue weighted by Gasteiger charge is 2.06. The Kier molecular flexibility index (Phi) is 3.74. The number of benzene rings is 1. The van der Waals surface area contributed by atoms with Gasteiger partial charge in [0.25, 0.3) is 0 Å². The van der Waals surface area contributed by atoms with Crippen LogP contribution < -0.4 is 0 Å². The molecule has 1 aromatic heterocycles. The summed E-state index contributed by atoms with van der Waals surface area (Å²) in [5.41, 5.74) is 2.22. The van der Waals surface area contributed by atoms with Gasteiger partial charge in [0.05, 0.1) is 0 Å². The van der Waals surface area contributed by atoms with E-state index in [0.29, 0.717) is 0 Å². The highest BCUT2D eigenvalue weighted by atomic mass is 32.2. The molecule has 2 aromatic rings. The van der Waals surface area contributed by atoms with Gasteiger partial charge in [-0.15, -0.1) is 0 Å². The van der Waals surface area contributed by atoms with Gasteiger partial charge in [0, 0.05) is 11.3 Å². The first-order valence-corrected chi connectivity index (χ1v) is 6.68. The number of nitrogens with zero attached hydrogens (tertiary/aromatic N) is 2. The number of thioether (sulfide) groups is 1. The van der Waals surface area contributed by atoms with Crippen LogP contribution in [0.15, 0.2) is 46.8 Å². The van der Waals surface area contributed by atoms with E-state index in [0.717, 1.165) is 27.1 Å². The quantitative estimate of drug-likeness (QED) is 0.606. The first-order chi connectivity index (χ1) is 7.75. The summed E-state index contributed by atoms with van der Waals surface area (Å²) in [6.45, 7) is 5.89. The van der Waals surface area contributed by atoms with Crippen molar-refractivity contribution in [2.45, 2.75) is 11.3 Å². The van der Waals surface area contributed by atoms with Gasteiger partial charge in [-0.2, -0.15) is 4.37 Å². The fourth-order valence-electron chi connectivity index (χ4n) is 1.16. The molecule has 0 atom stereocenters. The second-order valence-corrected chi connectivity index (χ2v) is 5.47. The molecule has 2 nitrogen and oxygen atoms in total. The van der Waals surface area contributed by atoms with E-state index in [9.17, 15) is 0 Å². The molecule has 0 aliphatic heterocycles. The first-order valence-electron chi connectivity index (χ1n) is 4.92. The number of rotatable bonds is 4. The Morgan fingerprint density at radius 3 is 2.81 bits per heavy atom. The molecule has 0 bridgehead atoms. The van der Waals surface area contributed by atoms with Crippen molar-refractivity contribution >= 4 is 23.3 Å². The summed E-state index contributed by atoms with van der Waals surface area (Å²) in [4.78, 5) is 4.48. The molecule has 0 radical (unpaired) electrons. The van der Waals surface area contributed by atoms with Gasteiger partial charge < -0.3 is 0 Å². The maximum absolute atomic E-state index is 4.48. The molecule has 0 aliphatic rings. The van der Waals surface area contributed by atoms with Crippen molar-refractivity contribution in [3.8, 4) is 11.4 Å². The van der Waals surface area contributed by atoms with Gasteiger partial charge in [-0.05, 0) is 18.5 Å². The molecule has 0 N–H and O–H groups in total. The summed E-state index contributed by atoms with van der Waals surface area (Å²) >= 11 is 3.14. The molecule has 16 heavy (non-hydrogen) atoms. The third-order valence-electron chi connectivity index (χ3n) is 1.88. The lowest BCUT2D eigenvalue weighted by atomic mass is 10.2. The highest BCUT2D eigenvalue weighted by Crippen LogP contribution is 2.25. The maximum atomic E-state index is 4.48. The Morgan fingerprint density at radius 2 is 2.12 bits per heavy atom. The summed E-state index contributed by atoms with van der Waals surface area (Å²) < 4.78 is 5.35. The van der Waals surface area contributed by atoms with Gasteiger partial charge in [-0.1, -0.05) is 54.2 Å². The molecule has 1 heterocycles. The van der Waals surface area contributed by atoms with Crippen molar-refractivity contribution in [2.75, 3.05) is 5.75 Å². The maximum Gasteiger partial charge on any atom is 0.174 e. The molecule has 0 spiro atoms. The van der Waals surface area contributed by atoms with Gasteiger partial charge in [0.15, 0.2) is 10.2 Å². The van der Waals surface area contributed by atoms with Crippen molar-refractivity contribution in [2.24, 2.45) is 0 Å². The normalized spacial score (nSPS) is 10.3. The minimum absolute atomic E-state index is 0.815. The lowest BCUT2D eigenvalue weighted by molar-refractivity contribution is 1.22. The SMILES string of the molecule is C=C(C)CSc1nc(-c2ccccc2)ns1. The average Bonchev–Trinajstić information content (AvgIpc) is 2.76. The Morgan fingerprint density at radius 1 is 1.38 bits per heavy atom. The summed E-state index contributed by atoms with van der Waals surface area (Å²) in [7, 11) is 0. The van der Waals surface area contributed by atoms with Gasteiger partial charge >= 0.3 is 0 Å². The van der Waals surface area contributed by atoms with Crippen LogP contribution in [-0.2, 0) is 0 Å². The standard InChI is InChI=1S/C12H12N2S2/c1-9(2)8-15-12-13-11(14-16-12)10-6-4-3-5-7-10/h3-7H,1,8H2,2H3. The molecule has 0 unspecified atom stereocenters. The Bertz CT molecular complexity index is 477. The van der Waals surface area contributed by atoms with E-state index in [1.807, 2.05) is 37.3 Å². The largest absolute Gasteiger partial charge is 0.208 e. The van der Waals surface area contributed by atoms with Gasteiger partial charge in [0.2, 0.25) is 0 Å². The van der Waals surface area contributed by atoms with Crippen molar-refractivity contribution in [3.05, 3.63) is 42.5 Å². The van der Waals surface area contributed by atoms with E-state index < -0.39 is 0 Å². The molecule has 0 fully saturated rings. The molecule has 1 aromatic carbocycles. The fourth-order valence-corrected chi connectivity index (χ4v) is 2.62. The molecule has 0 aliphatic carbocycles. The summed E-state index contributed by atoms with van der Waals surface area (Å²) in [5.74, 6) is 1.72. The van der Waals surface area contributed by atoms with E-state index in [1.165, 1.54) is 11.5 Å². The van der Waals surface area contributed by atoms with Crippen LogP contribution >= 0.6 is 23.3 Å². The van der Waals surface area contributed by atoms with Crippen molar-refractivity contribution < 1.29 is 0 Å². The van der Waals surface area contributed by atoms with Crippen LogP contribution in [0.25, 0.3) is 11.4 Å². The Balaban J connectivity index is 2.11. The van der Waals surface area contributed by atoms with E-state index in [-0.39, 0.29) is 0 Å². The van der Waals surface area contributed by atoms with Crippen LogP contribution in [-0.4, -0.2) is 15.1 Å². The molecule has 82 valence electrons.